The summed E-state index contributed by atoms with van der Waals surface area (Å²) in [6.07, 6.45) is 0.752. The number of allylic oxidation sites excluding steroid dienone is 1. The molecule has 1 atom stereocenters. The molecule has 0 aromatic rings. The summed E-state index contributed by atoms with van der Waals surface area (Å²) in [5, 5.41) is 0. The number of hydrogen-bond acceptors (Lipinski definition) is 1. The van der Waals surface area contributed by atoms with Crippen molar-refractivity contribution in [2.75, 3.05) is 7.11 Å². The molecule has 0 bridgehead atoms. The largest absolute Gasteiger partial charge is 0.381 e. The Hall–Kier alpha value is -0.440. The van der Waals surface area contributed by atoms with Gasteiger partial charge in [0.25, 0.3) is 0 Å². The highest BCUT2D eigenvalue weighted by atomic mass is 19.2. The van der Waals surface area contributed by atoms with E-state index in [1.165, 1.54) is 7.11 Å². The van der Waals surface area contributed by atoms with Crippen molar-refractivity contribution in [2.45, 2.75) is 25.4 Å². The molecule has 0 radical (unpaired) electrons. The molecule has 1 aliphatic carbocycles. The normalized spacial score (nSPS) is 27.3. The SMILES string of the molecule is COC1CCC(F)=C(F)C1. The summed E-state index contributed by atoms with van der Waals surface area (Å²) in [5.41, 5.74) is 0. The Morgan fingerprint density at radius 3 is 2.60 bits per heavy atom. The van der Waals surface area contributed by atoms with E-state index >= 15 is 0 Å². The maximum atomic E-state index is 12.4. The van der Waals surface area contributed by atoms with Crippen molar-refractivity contribution in [1.82, 2.24) is 0 Å². The second-order valence-electron chi connectivity index (χ2n) is 2.41. The third kappa shape index (κ3) is 1.53. The third-order valence-electron chi connectivity index (χ3n) is 1.72. The van der Waals surface area contributed by atoms with Crippen LogP contribution in [0.4, 0.5) is 8.78 Å². The van der Waals surface area contributed by atoms with E-state index in [0.717, 1.165) is 0 Å². The molecule has 0 saturated heterocycles. The molecule has 0 fully saturated rings. The van der Waals surface area contributed by atoms with E-state index in [2.05, 4.69) is 0 Å². The zero-order chi connectivity index (χ0) is 7.56. The minimum absolute atomic E-state index is 0.0995. The predicted octanol–water partition coefficient (Wildman–Crippen LogP) is 2.34. The Balaban J connectivity index is 2.54. The molecule has 0 aromatic heterocycles. The average molecular weight is 148 g/mol. The van der Waals surface area contributed by atoms with E-state index < -0.39 is 11.7 Å². The van der Waals surface area contributed by atoms with E-state index in [1.807, 2.05) is 0 Å². The number of rotatable bonds is 1. The number of methoxy groups -OCH3 is 1. The summed E-state index contributed by atoms with van der Waals surface area (Å²) < 4.78 is 29.6. The second-order valence-corrected chi connectivity index (χ2v) is 2.41. The first kappa shape index (κ1) is 7.66. The molecule has 58 valence electrons. The Kier molecular flexibility index (Phi) is 2.38. The van der Waals surface area contributed by atoms with E-state index in [0.29, 0.717) is 6.42 Å². The van der Waals surface area contributed by atoms with Crippen molar-refractivity contribution in [3.05, 3.63) is 11.7 Å². The first-order chi connectivity index (χ1) is 4.74. The number of hydrogen-bond donors (Lipinski definition) is 0. The van der Waals surface area contributed by atoms with Crippen LogP contribution >= 0.6 is 0 Å². The van der Waals surface area contributed by atoms with Crippen LogP contribution in [0.3, 0.4) is 0 Å². The van der Waals surface area contributed by atoms with Gasteiger partial charge in [-0.3, -0.25) is 0 Å². The van der Waals surface area contributed by atoms with Crippen molar-refractivity contribution < 1.29 is 13.5 Å². The van der Waals surface area contributed by atoms with E-state index in [1.54, 1.807) is 0 Å². The second kappa shape index (κ2) is 3.10. The average Bonchev–Trinajstić information content (AvgIpc) is 1.95. The first-order valence-electron chi connectivity index (χ1n) is 3.30. The van der Waals surface area contributed by atoms with Crippen LogP contribution in [0.2, 0.25) is 0 Å². The van der Waals surface area contributed by atoms with Gasteiger partial charge >= 0.3 is 0 Å². The molecule has 0 heterocycles. The molecule has 3 heteroatoms. The molecule has 1 nitrogen and oxygen atoms in total. The van der Waals surface area contributed by atoms with Gasteiger partial charge < -0.3 is 4.74 Å². The first-order valence-corrected chi connectivity index (χ1v) is 3.30. The van der Waals surface area contributed by atoms with Gasteiger partial charge in [0.2, 0.25) is 0 Å². The standard InChI is InChI=1S/C7H10F2O/c1-10-5-2-3-6(8)7(9)4-5/h5H,2-4H2,1H3. The highest BCUT2D eigenvalue weighted by Crippen LogP contribution is 2.27. The van der Waals surface area contributed by atoms with Gasteiger partial charge in [0.1, 0.15) is 11.7 Å². The minimum atomic E-state index is -0.641. The van der Waals surface area contributed by atoms with Gasteiger partial charge in [0.05, 0.1) is 6.10 Å². The van der Waals surface area contributed by atoms with Gasteiger partial charge in [-0.2, -0.15) is 0 Å². The van der Waals surface area contributed by atoms with Gasteiger partial charge in [-0.15, -0.1) is 0 Å². The van der Waals surface area contributed by atoms with Crippen LogP contribution in [0.1, 0.15) is 19.3 Å². The monoisotopic (exact) mass is 148 g/mol. The Bertz CT molecular complexity index is 154. The third-order valence-corrected chi connectivity index (χ3v) is 1.72. The Morgan fingerprint density at radius 2 is 2.10 bits per heavy atom. The van der Waals surface area contributed by atoms with E-state index in [-0.39, 0.29) is 18.9 Å². The molecule has 0 spiro atoms. The summed E-state index contributed by atoms with van der Waals surface area (Å²) in [5.74, 6) is -1.24. The summed E-state index contributed by atoms with van der Waals surface area (Å²) in [7, 11) is 1.52. The van der Waals surface area contributed by atoms with Crippen molar-refractivity contribution in [1.29, 1.82) is 0 Å². The van der Waals surface area contributed by atoms with Crippen LogP contribution < -0.4 is 0 Å². The lowest BCUT2D eigenvalue weighted by Crippen LogP contribution is -2.14. The molecule has 0 saturated carbocycles. The zero-order valence-electron chi connectivity index (χ0n) is 5.86. The van der Waals surface area contributed by atoms with Gasteiger partial charge in [-0.05, 0) is 6.42 Å². The molecular weight excluding hydrogens is 138 g/mol. The van der Waals surface area contributed by atoms with Crippen molar-refractivity contribution >= 4 is 0 Å². The molecule has 1 unspecified atom stereocenters. The van der Waals surface area contributed by atoms with E-state index in [4.69, 9.17) is 4.74 Å². The molecule has 10 heavy (non-hydrogen) atoms. The lowest BCUT2D eigenvalue weighted by Gasteiger charge is -2.18. The predicted molar refractivity (Wildman–Crippen MR) is 33.9 cm³/mol. The molecular formula is C7H10F2O. The van der Waals surface area contributed by atoms with Crippen LogP contribution in [0.25, 0.3) is 0 Å². The number of ether oxygens (including phenoxy) is 1. The molecule has 0 amide bonds. The molecule has 1 rings (SSSR count). The summed E-state index contributed by atoms with van der Waals surface area (Å²) >= 11 is 0. The van der Waals surface area contributed by atoms with Gasteiger partial charge in [0.15, 0.2) is 0 Å². The van der Waals surface area contributed by atoms with Crippen LogP contribution in [-0.2, 0) is 4.74 Å². The summed E-state index contributed by atoms with van der Waals surface area (Å²) in [6, 6.07) is 0. The molecule has 0 aliphatic heterocycles. The van der Waals surface area contributed by atoms with Crippen LogP contribution in [0, 0.1) is 0 Å². The maximum absolute atomic E-state index is 12.4. The highest BCUT2D eigenvalue weighted by molar-refractivity contribution is 5.05. The molecule has 0 aromatic carbocycles. The van der Waals surface area contributed by atoms with Crippen LogP contribution in [0.15, 0.2) is 11.7 Å². The van der Waals surface area contributed by atoms with Gasteiger partial charge in [-0.1, -0.05) is 0 Å². The summed E-state index contributed by atoms with van der Waals surface area (Å²) in [6.45, 7) is 0. The lowest BCUT2D eigenvalue weighted by atomic mass is 10.0. The summed E-state index contributed by atoms with van der Waals surface area (Å²) in [4.78, 5) is 0. The molecule has 0 N–H and O–H groups in total. The van der Waals surface area contributed by atoms with Crippen LogP contribution in [0.5, 0.6) is 0 Å². The lowest BCUT2D eigenvalue weighted by molar-refractivity contribution is 0.0813. The van der Waals surface area contributed by atoms with Crippen molar-refractivity contribution in [3.63, 3.8) is 0 Å². The Morgan fingerprint density at radius 1 is 1.40 bits per heavy atom. The number of halogens is 2. The maximum Gasteiger partial charge on any atom is 0.134 e. The van der Waals surface area contributed by atoms with Gasteiger partial charge in [-0.25, -0.2) is 8.78 Å². The van der Waals surface area contributed by atoms with Crippen LogP contribution in [-0.4, -0.2) is 13.2 Å². The van der Waals surface area contributed by atoms with Crippen molar-refractivity contribution in [3.8, 4) is 0 Å². The topological polar surface area (TPSA) is 9.23 Å². The minimum Gasteiger partial charge on any atom is -0.381 e. The van der Waals surface area contributed by atoms with Gasteiger partial charge in [0, 0.05) is 20.0 Å². The fourth-order valence-electron chi connectivity index (χ4n) is 1.04. The Labute approximate surface area is 58.7 Å². The highest BCUT2D eigenvalue weighted by Gasteiger charge is 2.20. The fourth-order valence-corrected chi connectivity index (χ4v) is 1.04. The van der Waals surface area contributed by atoms with E-state index in [9.17, 15) is 8.78 Å². The fraction of sp³-hybridized carbons (Fsp3) is 0.714. The molecule has 1 aliphatic rings. The van der Waals surface area contributed by atoms with Crippen molar-refractivity contribution in [2.24, 2.45) is 0 Å². The zero-order valence-corrected chi connectivity index (χ0v) is 5.86. The smallest absolute Gasteiger partial charge is 0.134 e. The quantitative estimate of drug-likeness (QED) is 0.554.